The van der Waals surface area contributed by atoms with Gasteiger partial charge >= 0.3 is 6.18 Å². The van der Waals surface area contributed by atoms with Crippen LogP contribution in [0.15, 0.2) is 29.4 Å². The van der Waals surface area contributed by atoms with Crippen LogP contribution in [0.1, 0.15) is 49.3 Å². The Morgan fingerprint density at radius 2 is 1.82 bits per heavy atom. The Hall–Kier alpha value is -2.42. The summed E-state index contributed by atoms with van der Waals surface area (Å²) in [6.45, 7) is 6.11. The number of hydrogen-bond acceptors (Lipinski definition) is 7. The van der Waals surface area contributed by atoms with Crippen molar-refractivity contribution in [2.45, 2.75) is 50.7 Å². The first-order chi connectivity index (χ1) is 18.2. The van der Waals surface area contributed by atoms with Crippen molar-refractivity contribution in [3.8, 4) is 5.75 Å². The van der Waals surface area contributed by atoms with E-state index in [1.54, 1.807) is 0 Å². The monoisotopic (exact) mass is 645 g/mol. The fourth-order valence-electron chi connectivity index (χ4n) is 5.22. The van der Waals surface area contributed by atoms with Crippen molar-refractivity contribution in [2.75, 3.05) is 43.9 Å². The average Bonchev–Trinajstić information content (AvgIpc) is 3.36. The Kier molecular flexibility index (Phi) is 8.12. The number of aryl methyl sites for hydroxylation is 1. The van der Waals surface area contributed by atoms with E-state index in [0.717, 1.165) is 54.0 Å². The normalized spacial score (nSPS) is 20.3. The van der Waals surface area contributed by atoms with E-state index in [0.29, 0.717) is 37.7 Å². The van der Waals surface area contributed by atoms with Gasteiger partial charge in [0.1, 0.15) is 18.2 Å². The number of aromatic nitrogens is 3. The summed E-state index contributed by atoms with van der Waals surface area (Å²) in [6.07, 6.45) is -1.83. The average molecular weight is 645 g/mol. The maximum absolute atomic E-state index is 13.2. The molecule has 3 aliphatic heterocycles. The number of alkyl halides is 4. The van der Waals surface area contributed by atoms with E-state index >= 15 is 0 Å². The number of halogens is 4. The highest BCUT2D eigenvalue weighted by Gasteiger charge is 2.40. The summed E-state index contributed by atoms with van der Waals surface area (Å²) < 4.78 is 47.3. The number of amidine groups is 1. The van der Waals surface area contributed by atoms with Gasteiger partial charge in [-0.1, -0.05) is 34.7 Å². The lowest BCUT2D eigenvalue weighted by Gasteiger charge is -2.36. The van der Waals surface area contributed by atoms with Gasteiger partial charge in [-0.3, -0.25) is 9.69 Å². The molecule has 1 amide bonds. The molecule has 9 nitrogen and oxygen atoms in total. The van der Waals surface area contributed by atoms with Crippen LogP contribution < -0.4 is 4.74 Å². The number of amides is 1. The van der Waals surface area contributed by atoms with Crippen molar-refractivity contribution in [1.29, 1.82) is 0 Å². The minimum Gasteiger partial charge on any atom is -0.492 e. The predicted octanol–water partition coefficient (Wildman–Crippen LogP) is 3.59. The summed E-state index contributed by atoms with van der Waals surface area (Å²) in [7, 11) is 0. The fraction of sp³-hybridized carbons (Fsp3) is 0.600. The zero-order valence-corrected chi connectivity index (χ0v) is 23.4. The lowest BCUT2D eigenvalue weighted by Crippen LogP contribution is -2.53. The number of rotatable bonds is 6. The van der Waals surface area contributed by atoms with Crippen LogP contribution in [0.3, 0.4) is 0 Å². The Labute approximate surface area is 233 Å². The van der Waals surface area contributed by atoms with Gasteiger partial charge < -0.3 is 14.5 Å². The molecule has 0 N–H and O–H groups in total. The number of fused-ring (bicyclic) bond motifs is 1. The summed E-state index contributed by atoms with van der Waals surface area (Å²) in [6, 6.07) is 8.32. The maximum atomic E-state index is 13.2. The molecule has 0 spiro atoms. The second-order valence-electron chi connectivity index (χ2n) is 10.0. The molecule has 1 atom stereocenters. The molecule has 5 rings (SSSR count). The van der Waals surface area contributed by atoms with Crippen molar-refractivity contribution in [3.05, 3.63) is 41.5 Å². The molecule has 1 aromatic heterocycles. The van der Waals surface area contributed by atoms with Crippen molar-refractivity contribution in [1.82, 2.24) is 29.6 Å². The van der Waals surface area contributed by atoms with Crippen molar-refractivity contribution in [2.24, 2.45) is 5.10 Å². The highest BCUT2D eigenvalue weighted by molar-refractivity contribution is 14.1. The number of piperidine rings is 1. The quantitative estimate of drug-likeness (QED) is 0.272. The van der Waals surface area contributed by atoms with E-state index in [1.807, 2.05) is 17.0 Å². The molecule has 1 aromatic carbocycles. The molecular weight excluding hydrogens is 614 g/mol. The van der Waals surface area contributed by atoms with E-state index < -0.39 is 12.0 Å². The molecule has 0 bridgehead atoms. The molecule has 0 saturated carbocycles. The van der Waals surface area contributed by atoms with E-state index in [2.05, 4.69) is 66.7 Å². The first-order valence-electron chi connectivity index (χ1n) is 12.9. The number of nitrogens with zero attached hydrogens (tertiary/aromatic N) is 7. The first-order valence-corrected chi connectivity index (χ1v) is 14.4. The molecule has 13 heteroatoms. The number of benzene rings is 1. The molecule has 4 heterocycles. The van der Waals surface area contributed by atoms with Crippen LogP contribution in [-0.2, 0) is 17.4 Å². The smallest absolute Gasteiger partial charge is 0.453 e. The van der Waals surface area contributed by atoms with Crippen LogP contribution in [0.2, 0.25) is 0 Å². The zero-order chi connectivity index (χ0) is 26.9. The standard InChI is InChI=1S/C25H31F3IN7O2/c1-17(34-12-13-35(16-29)23(37)14-34)15-38-20-4-2-18(3-5-20)19-8-10-33(11-9-19)22-7-6-21-30-31-24(25(26,27)28)36(21)32-22/h2-5,17,19H,6-16H2,1H3. The largest absolute Gasteiger partial charge is 0.492 e. The van der Waals surface area contributed by atoms with Gasteiger partial charge in [0.05, 0.1) is 11.1 Å². The molecule has 1 unspecified atom stereocenters. The van der Waals surface area contributed by atoms with Gasteiger partial charge in [0.25, 0.3) is 5.82 Å². The van der Waals surface area contributed by atoms with Crippen molar-refractivity contribution < 1.29 is 22.7 Å². The van der Waals surface area contributed by atoms with E-state index in [1.165, 1.54) is 5.56 Å². The molecule has 38 heavy (non-hydrogen) atoms. The topological polar surface area (TPSA) is 79.1 Å². The second-order valence-corrected chi connectivity index (χ2v) is 10.7. The number of likely N-dealkylation sites (tertiary alicyclic amines) is 1. The molecule has 3 aliphatic rings. The third-order valence-corrected chi connectivity index (χ3v) is 8.39. The summed E-state index contributed by atoms with van der Waals surface area (Å²) in [4.78, 5) is 18.3. The minimum atomic E-state index is -4.58. The molecular formula is C25H31F3IN7O2. The van der Waals surface area contributed by atoms with Gasteiger partial charge in [0.2, 0.25) is 5.91 Å². The Balaban J connectivity index is 1.12. The van der Waals surface area contributed by atoms with Gasteiger partial charge in [0, 0.05) is 45.1 Å². The third kappa shape index (κ3) is 5.92. The van der Waals surface area contributed by atoms with Crippen LogP contribution in [0.25, 0.3) is 0 Å². The summed E-state index contributed by atoms with van der Waals surface area (Å²) in [5.74, 6) is 1.19. The highest BCUT2D eigenvalue weighted by Crippen LogP contribution is 2.32. The van der Waals surface area contributed by atoms with E-state index in [9.17, 15) is 18.0 Å². The Bertz CT molecular complexity index is 1160. The lowest BCUT2D eigenvalue weighted by molar-refractivity contribution is -0.147. The number of carbonyl (C=O) groups is 1. The maximum Gasteiger partial charge on any atom is 0.453 e. The van der Waals surface area contributed by atoms with Crippen LogP contribution in [0, 0.1) is 0 Å². The van der Waals surface area contributed by atoms with Crippen LogP contribution in [0.4, 0.5) is 13.2 Å². The van der Waals surface area contributed by atoms with Gasteiger partial charge in [0.15, 0.2) is 5.82 Å². The van der Waals surface area contributed by atoms with Gasteiger partial charge in [-0.15, -0.1) is 10.2 Å². The van der Waals surface area contributed by atoms with Crippen molar-refractivity contribution >= 4 is 34.3 Å². The number of carbonyl (C=O) groups excluding carboxylic acids is 1. The number of piperazine rings is 1. The fourth-order valence-corrected chi connectivity index (χ4v) is 5.94. The summed E-state index contributed by atoms with van der Waals surface area (Å²) in [5, 5.41) is 11.2. The minimum absolute atomic E-state index is 0.142. The third-order valence-electron chi connectivity index (χ3n) is 7.56. The lowest BCUT2D eigenvalue weighted by atomic mass is 9.89. The van der Waals surface area contributed by atoms with Gasteiger partial charge in [-0.25, -0.2) is 0 Å². The van der Waals surface area contributed by atoms with Crippen LogP contribution in [-0.4, -0.2) is 91.2 Å². The molecule has 2 aromatic rings. The highest BCUT2D eigenvalue weighted by atomic mass is 127. The van der Waals surface area contributed by atoms with Gasteiger partial charge in [-0.05, 0) is 43.4 Å². The molecule has 206 valence electrons. The molecule has 0 aliphatic carbocycles. The van der Waals surface area contributed by atoms with E-state index in [-0.39, 0.29) is 17.8 Å². The van der Waals surface area contributed by atoms with E-state index in [4.69, 9.17) is 4.74 Å². The van der Waals surface area contributed by atoms with Crippen LogP contribution >= 0.6 is 22.6 Å². The molecule has 0 radical (unpaired) electrons. The SMILES string of the molecule is CC(COc1ccc(C2CCN(C3=Nn4c(nnc4C(F)(F)F)CC3)CC2)cc1)N1CCN(CI)C(=O)C1. The Morgan fingerprint density at radius 3 is 2.47 bits per heavy atom. The molecule has 2 fully saturated rings. The zero-order valence-electron chi connectivity index (χ0n) is 21.2. The summed E-state index contributed by atoms with van der Waals surface area (Å²) >= 11 is 2.22. The number of ether oxygens (including phenoxy) is 1. The first kappa shape index (κ1) is 27.2. The predicted molar refractivity (Wildman–Crippen MR) is 143 cm³/mol. The summed E-state index contributed by atoms with van der Waals surface area (Å²) in [5.41, 5.74) is 1.23. The van der Waals surface area contributed by atoms with Crippen molar-refractivity contribution in [3.63, 3.8) is 0 Å². The Morgan fingerprint density at radius 1 is 1.08 bits per heavy atom. The number of hydrogen-bond donors (Lipinski definition) is 0. The van der Waals surface area contributed by atoms with Crippen LogP contribution in [0.5, 0.6) is 5.75 Å². The van der Waals surface area contributed by atoms with Gasteiger partial charge in [-0.2, -0.15) is 22.9 Å². The molecule has 2 saturated heterocycles. The second kappa shape index (κ2) is 11.4.